The van der Waals surface area contributed by atoms with Gasteiger partial charge in [-0.1, -0.05) is 6.08 Å². The van der Waals surface area contributed by atoms with Crippen LogP contribution in [-0.4, -0.2) is 65.2 Å². The number of fused-ring (bicyclic) bond motifs is 1. The number of hydrogen-bond donors (Lipinski definition) is 0. The van der Waals surface area contributed by atoms with Crippen molar-refractivity contribution in [2.45, 2.75) is 20.1 Å². The topological polar surface area (TPSA) is 72.8 Å². The van der Waals surface area contributed by atoms with Crippen LogP contribution in [0.2, 0.25) is 0 Å². The van der Waals surface area contributed by atoms with Gasteiger partial charge in [0.1, 0.15) is 18.0 Å². The molecule has 0 aromatic carbocycles. The summed E-state index contributed by atoms with van der Waals surface area (Å²) >= 11 is 5.55. The lowest BCUT2D eigenvalue weighted by Crippen LogP contribution is -2.47. The third-order valence-electron chi connectivity index (χ3n) is 4.93. The second-order valence-corrected chi connectivity index (χ2v) is 7.04. The number of piperazine rings is 1. The Balaban J connectivity index is 1.46. The number of allylic oxidation sites excluding steroid dienone is 1. The molecule has 4 rings (SSSR count). The first-order valence-electron chi connectivity index (χ1n) is 8.93. The van der Waals surface area contributed by atoms with Gasteiger partial charge in [0, 0.05) is 39.8 Å². The number of nitrogens with zero attached hydrogens (tertiary/aromatic N) is 9. The minimum Gasteiger partial charge on any atom is -0.353 e. The standard InChI is InChI=1S/C17H23N9S/c1-4-5-25-13(2)21-26(17(25)27)12-23-6-8-24(9-7-23)16-14-10-20-22(3)15(14)18-11-19-16/h4,10-11H,1,5-9,12H2,2-3H3. The molecule has 0 bridgehead atoms. The zero-order valence-electron chi connectivity index (χ0n) is 15.6. The highest BCUT2D eigenvalue weighted by Gasteiger charge is 2.21. The fraction of sp³-hybridized carbons (Fsp3) is 0.471. The summed E-state index contributed by atoms with van der Waals surface area (Å²) in [6, 6.07) is 0. The molecule has 1 aliphatic rings. The van der Waals surface area contributed by atoms with Crippen LogP contribution >= 0.6 is 12.2 Å². The lowest BCUT2D eigenvalue weighted by molar-refractivity contribution is 0.193. The average Bonchev–Trinajstić information content (AvgIpc) is 3.18. The smallest absolute Gasteiger partial charge is 0.199 e. The molecule has 0 unspecified atom stereocenters. The maximum Gasteiger partial charge on any atom is 0.199 e. The minimum atomic E-state index is 0.688. The monoisotopic (exact) mass is 385 g/mol. The average molecular weight is 386 g/mol. The van der Waals surface area contributed by atoms with E-state index in [0.717, 1.165) is 53.6 Å². The van der Waals surface area contributed by atoms with E-state index in [1.807, 2.05) is 35.5 Å². The molecule has 0 aliphatic carbocycles. The van der Waals surface area contributed by atoms with Gasteiger partial charge in [-0.05, 0) is 19.1 Å². The normalized spacial score (nSPS) is 15.6. The summed E-state index contributed by atoms with van der Waals surface area (Å²) in [5.74, 6) is 1.87. The van der Waals surface area contributed by atoms with Crippen LogP contribution in [0, 0.1) is 11.7 Å². The number of rotatable bonds is 5. The fourth-order valence-corrected chi connectivity index (χ4v) is 3.78. The predicted octanol–water partition coefficient (Wildman–Crippen LogP) is 1.36. The molecule has 1 saturated heterocycles. The Labute approximate surface area is 162 Å². The molecule has 1 aliphatic heterocycles. The van der Waals surface area contributed by atoms with Crippen LogP contribution in [0.15, 0.2) is 25.2 Å². The largest absolute Gasteiger partial charge is 0.353 e. The molecule has 1 fully saturated rings. The molecule has 27 heavy (non-hydrogen) atoms. The number of aryl methyl sites for hydroxylation is 2. The zero-order chi connectivity index (χ0) is 19.0. The summed E-state index contributed by atoms with van der Waals surface area (Å²) in [5, 5.41) is 9.88. The van der Waals surface area contributed by atoms with Crippen molar-refractivity contribution < 1.29 is 0 Å². The zero-order valence-corrected chi connectivity index (χ0v) is 16.4. The molecule has 0 radical (unpaired) electrons. The van der Waals surface area contributed by atoms with Crippen molar-refractivity contribution in [1.82, 2.24) is 39.0 Å². The van der Waals surface area contributed by atoms with Crippen molar-refractivity contribution in [2.75, 3.05) is 31.1 Å². The minimum absolute atomic E-state index is 0.688. The summed E-state index contributed by atoms with van der Waals surface area (Å²) < 4.78 is 6.41. The second kappa shape index (κ2) is 7.20. The molecular formula is C17H23N9S. The first kappa shape index (κ1) is 17.8. The molecule has 0 amide bonds. The van der Waals surface area contributed by atoms with E-state index in [-0.39, 0.29) is 0 Å². The van der Waals surface area contributed by atoms with Gasteiger partial charge in [-0.15, -0.1) is 6.58 Å². The van der Waals surface area contributed by atoms with Crippen LogP contribution in [0.25, 0.3) is 11.0 Å². The maximum absolute atomic E-state index is 5.55. The van der Waals surface area contributed by atoms with Gasteiger partial charge < -0.3 is 9.47 Å². The fourth-order valence-electron chi connectivity index (χ4n) is 3.47. The molecule has 0 N–H and O–H groups in total. The summed E-state index contributed by atoms with van der Waals surface area (Å²) in [4.78, 5) is 13.5. The van der Waals surface area contributed by atoms with E-state index >= 15 is 0 Å². The Morgan fingerprint density at radius 1 is 1.22 bits per heavy atom. The molecule has 142 valence electrons. The van der Waals surface area contributed by atoms with E-state index in [0.29, 0.717) is 13.2 Å². The number of hydrogen-bond acceptors (Lipinski definition) is 7. The van der Waals surface area contributed by atoms with E-state index in [9.17, 15) is 0 Å². The van der Waals surface area contributed by atoms with Crippen molar-refractivity contribution in [3.8, 4) is 0 Å². The summed E-state index contributed by atoms with van der Waals surface area (Å²) in [6.45, 7) is 10.8. The molecule has 10 heteroatoms. The highest BCUT2D eigenvalue weighted by atomic mass is 32.1. The number of anilines is 1. The van der Waals surface area contributed by atoms with Gasteiger partial charge in [-0.25, -0.2) is 14.6 Å². The van der Waals surface area contributed by atoms with Crippen LogP contribution in [0.5, 0.6) is 0 Å². The van der Waals surface area contributed by atoms with E-state index < -0.39 is 0 Å². The van der Waals surface area contributed by atoms with Gasteiger partial charge in [0.05, 0.1) is 18.3 Å². The quantitative estimate of drug-likeness (QED) is 0.485. The van der Waals surface area contributed by atoms with Crippen molar-refractivity contribution in [1.29, 1.82) is 0 Å². The van der Waals surface area contributed by atoms with Crippen LogP contribution in [0.4, 0.5) is 5.82 Å². The SMILES string of the molecule is C=CCn1c(C)nn(CN2CCN(c3ncnc4c3cnn4C)CC2)c1=S. The number of aromatic nitrogens is 7. The van der Waals surface area contributed by atoms with Crippen LogP contribution < -0.4 is 4.90 Å². The Hall–Kier alpha value is -2.59. The lowest BCUT2D eigenvalue weighted by atomic mass is 10.3. The van der Waals surface area contributed by atoms with Crippen molar-refractivity contribution in [3.63, 3.8) is 0 Å². The summed E-state index contributed by atoms with van der Waals surface area (Å²) in [7, 11) is 1.90. The predicted molar refractivity (Wildman–Crippen MR) is 106 cm³/mol. The van der Waals surface area contributed by atoms with Gasteiger partial charge in [0.25, 0.3) is 0 Å². The highest BCUT2D eigenvalue weighted by Crippen LogP contribution is 2.23. The third kappa shape index (κ3) is 3.26. The van der Waals surface area contributed by atoms with Gasteiger partial charge >= 0.3 is 0 Å². The van der Waals surface area contributed by atoms with E-state index in [4.69, 9.17) is 12.2 Å². The molecule has 0 saturated carbocycles. The Morgan fingerprint density at radius 3 is 2.74 bits per heavy atom. The van der Waals surface area contributed by atoms with Crippen LogP contribution in [0.1, 0.15) is 5.82 Å². The molecule has 0 spiro atoms. The lowest BCUT2D eigenvalue weighted by Gasteiger charge is -2.35. The van der Waals surface area contributed by atoms with E-state index in [1.54, 1.807) is 11.0 Å². The highest BCUT2D eigenvalue weighted by molar-refractivity contribution is 7.71. The van der Waals surface area contributed by atoms with E-state index in [2.05, 4.69) is 36.5 Å². The summed E-state index contributed by atoms with van der Waals surface area (Å²) in [6.07, 6.45) is 5.29. The second-order valence-electron chi connectivity index (χ2n) is 6.68. The Kier molecular flexibility index (Phi) is 4.75. The third-order valence-corrected chi connectivity index (χ3v) is 5.36. The first-order chi connectivity index (χ1) is 13.1. The van der Waals surface area contributed by atoms with Gasteiger partial charge in [0.2, 0.25) is 0 Å². The Morgan fingerprint density at radius 2 is 2.00 bits per heavy atom. The maximum atomic E-state index is 5.55. The molecule has 9 nitrogen and oxygen atoms in total. The molecule has 3 aromatic heterocycles. The van der Waals surface area contributed by atoms with Crippen molar-refractivity contribution in [2.24, 2.45) is 7.05 Å². The molecular weight excluding hydrogens is 362 g/mol. The van der Waals surface area contributed by atoms with Crippen molar-refractivity contribution >= 4 is 29.1 Å². The summed E-state index contributed by atoms with van der Waals surface area (Å²) in [5.41, 5.74) is 0.858. The van der Waals surface area contributed by atoms with Crippen LogP contribution in [-0.2, 0) is 20.3 Å². The molecule has 0 atom stereocenters. The van der Waals surface area contributed by atoms with Gasteiger partial charge in [0.15, 0.2) is 10.4 Å². The Bertz CT molecular complexity index is 1020. The van der Waals surface area contributed by atoms with E-state index in [1.165, 1.54) is 0 Å². The first-order valence-corrected chi connectivity index (χ1v) is 9.34. The van der Waals surface area contributed by atoms with Crippen LogP contribution in [0.3, 0.4) is 0 Å². The molecule has 3 aromatic rings. The van der Waals surface area contributed by atoms with Crippen molar-refractivity contribution in [3.05, 3.63) is 35.8 Å². The van der Waals surface area contributed by atoms with Gasteiger partial charge in [-0.2, -0.15) is 10.2 Å². The molecule has 4 heterocycles. The van der Waals surface area contributed by atoms with Gasteiger partial charge in [-0.3, -0.25) is 9.58 Å².